The lowest BCUT2D eigenvalue weighted by atomic mass is 9.97. The van der Waals surface area contributed by atoms with Crippen molar-refractivity contribution in [3.63, 3.8) is 0 Å². The molecule has 10 heteroatoms. The SMILES string of the molecule is COc1ccc(-n2ncc(CN3CC(Nc4nc(N)nc5[nH]ncc45)Cc4ccccc43)c2C)cc1. The first kappa shape index (κ1) is 21.9. The second-order valence-corrected chi connectivity index (χ2v) is 8.98. The number of nitrogen functional groups attached to an aromatic ring is 1. The summed E-state index contributed by atoms with van der Waals surface area (Å²) < 4.78 is 7.26. The zero-order valence-electron chi connectivity index (χ0n) is 20.1. The number of aromatic amines is 1. The molecule has 0 radical (unpaired) electrons. The summed E-state index contributed by atoms with van der Waals surface area (Å²) in [6, 6.07) is 16.6. The molecule has 10 nitrogen and oxygen atoms in total. The summed E-state index contributed by atoms with van der Waals surface area (Å²) in [5.74, 6) is 1.73. The Morgan fingerprint density at radius 2 is 1.94 bits per heavy atom. The Kier molecular flexibility index (Phi) is 5.40. The zero-order valence-corrected chi connectivity index (χ0v) is 20.1. The molecule has 5 aromatic rings. The molecule has 4 N–H and O–H groups in total. The van der Waals surface area contributed by atoms with Gasteiger partial charge in [-0.1, -0.05) is 18.2 Å². The number of aromatic nitrogens is 6. The van der Waals surface area contributed by atoms with Crippen LogP contribution >= 0.6 is 0 Å². The van der Waals surface area contributed by atoms with E-state index in [1.54, 1.807) is 13.3 Å². The summed E-state index contributed by atoms with van der Waals surface area (Å²) in [5, 5.41) is 16.1. The van der Waals surface area contributed by atoms with Gasteiger partial charge in [0.2, 0.25) is 5.95 Å². The topological polar surface area (TPSA) is 123 Å². The van der Waals surface area contributed by atoms with Crippen molar-refractivity contribution in [3.05, 3.63) is 77.7 Å². The molecule has 4 heterocycles. The number of hydrogen-bond donors (Lipinski definition) is 3. The number of para-hydroxylation sites is 1. The van der Waals surface area contributed by atoms with Crippen LogP contribution in [0.4, 0.5) is 17.5 Å². The Labute approximate surface area is 208 Å². The van der Waals surface area contributed by atoms with E-state index in [2.05, 4.69) is 66.7 Å². The third-order valence-electron chi connectivity index (χ3n) is 6.70. The van der Waals surface area contributed by atoms with E-state index < -0.39 is 0 Å². The molecule has 0 amide bonds. The van der Waals surface area contributed by atoms with Crippen LogP contribution in [0.5, 0.6) is 5.75 Å². The fourth-order valence-corrected chi connectivity index (χ4v) is 4.88. The van der Waals surface area contributed by atoms with E-state index in [0.717, 1.165) is 42.0 Å². The number of ether oxygens (including phenoxy) is 1. The summed E-state index contributed by atoms with van der Waals surface area (Å²) in [4.78, 5) is 11.1. The fraction of sp³-hybridized carbons (Fsp3) is 0.231. The lowest BCUT2D eigenvalue weighted by Crippen LogP contribution is -2.42. The van der Waals surface area contributed by atoms with Crippen LogP contribution in [0.25, 0.3) is 16.7 Å². The maximum absolute atomic E-state index is 5.94. The number of hydrogen-bond acceptors (Lipinski definition) is 8. The molecule has 6 rings (SSSR count). The van der Waals surface area contributed by atoms with E-state index in [4.69, 9.17) is 10.5 Å². The maximum atomic E-state index is 5.94. The monoisotopic (exact) mass is 481 g/mol. The summed E-state index contributed by atoms with van der Waals surface area (Å²) in [6.45, 7) is 3.65. The minimum Gasteiger partial charge on any atom is -0.497 e. The third kappa shape index (κ3) is 3.96. The normalized spacial score (nSPS) is 15.2. The van der Waals surface area contributed by atoms with Crippen molar-refractivity contribution in [2.45, 2.75) is 25.9 Å². The van der Waals surface area contributed by atoms with Gasteiger partial charge in [-0.3, -0.25) is 5.10 Å². The highest BCUT2D eigenvalue weighted by Gasteiger charge is 2.26. The molecule has 1 aliphatic heterocycles. The van der Waals surface area contributed by atoms with E-state index in [0.29, 0.717) is 11.5 Å². The van der Waals surface area contributed by atoms with Gasteiger partial charge in [0.25, 0.3) is 0 Å². The molecule has 182 valence electrons. The molecule has 1 unspecified atom stereocenters. The molecule has 2 aromatic carbocycles. The van der Waals surface area contributed by atoms with Crippen LogP contribution in [0.2, 0.25) is 0 Å². The molecule has 0 bridgehead atoms. The number of nitrogens with two attached hydrogens (primary N) is 1. The zero-order chi connectivity index (χ0) is 24.6. The van der Waals surface area contributed by atoms with Gasteiger partial charge in [-0.15, -0.1) is 0 Å². The molecule has 0 saturated carbocycles. The van der Waals surface area contributed by atoms with Gasteiger partial charge in [-0.05, 0) is 49.2 Å². The van der Waals surface area contributed by atoms with Crippen molar-refractivity contribution in [2.75, 3.05) is 29.6 Å². The predicted molar refractivity (Wildman–Crippen MR) is 140 cm³/mol. The highest BCUT2D eigenvalue weighted by atomic mass is 16.5. The number of rotatable bonds is 6. The van der Waals surface area contributed by atoms with Crippen LogP contribution in [0, 0.1) is 6.92 Å². The van der Waals surface area contributed by atoms with Crippen LogP contribution in [0.1, 0.15) is 16.8 Å². The molecule has 0 spiro atoms. The Balaban J connectivity index is 1.28. The number of H-pyrrole nitrogens is 1. The van der Waals surface area contributed by atoms with E-state index in [1.807, 2.05) is 35.1 Å². The summed E-state index contributed by atoms with van der Waals surface area (Å²) in [7, 11) is 1.67. The quantitative estimate of drug-likeness (QED) is 0.337. The smallest absolute Gasteiger partial charge is 0.224 e. The van der Waals surface area contributed by atoms with Gasteiger partial charge in [0.15, 0.2) is 5.65 Å². The van der Waals surface area contributed by atoms with Crippen LogP contribution in [-0.4, -0.2) is 49.6 Å². The van der Waals surface area contributed by atoms with Gasteiger partial charge < -0.3 is 20.7 Å². The van der Waals surface area contributed by atoms with Crippen molar-refractivity contribution in [1.82, 2.24) is 29.9 Å². The number of nitrogens with zero attached hydrogens (tertiary/aromatic N) is 6. The largest absolute Gasteiger partial charge is 0.497 e. The Morgan fingerprint density at radius 1 is 1.11 bits per heavy atom. The number of methoxy groups -OCH3 is 1. The Morgan fingerprint density at radius 3 is 2.78 bits per heavy atom. The summed E-state index contributed by atoms with van der Waals surface area (Å²) in [6.07, 6.45) is 4.56. The minimum absolute atomic E-state index is 0.129. The predicted octanol–water partition coefficient (Wildman–Crippen LogP) is 3.48. The summed E-state index contributed by atoms with van der Waals surface area (Å²) in [5.41, 5.74) is 12.4. The first-order chi connectivity index (χ1) is 17.6. The molecular weight excluding hydrogens is 454 g/mol. The van der Waals surface area contributed by atoms with Gasteiger partial charge in [0, 0.05) is 36.1 Å². The molecule has 0 saturated heterocycles. The Hall–Kier alpha value is -4.60. The highest BCUT2D eigenvalue weighted by Crippen LogP contribution is 2.31. The van der Waals surface area contributed by atoms with Crippen molar-refractivity contribution in [1.29, 1.82) is 0 Å². The second kappa shape index (κ2) is 8.88. The van der Waals surface area contributed by atoms with Crippen molar-refractivity contribution in [2.24, 2.45) is 0 Å². The minimum atomic E-state index is 0.129. The Bertz CT molecular complexity index is 1520. The molecule has 1 aliphatic rings. The third-order valence-corrected chi connectivity index (χ3v) is 6.70. The summed E-state index contributed by atoms with van der Waals surface area (Å²) >= 11 is 0. The average molecular weight is 482 g/mol. The van der Waals surface area contributed by atoms with E-state index in [9.17, 15) is 0 Å². The second-order valence-electron chi connectivity index (χ2n) is 8.98. The van der Waals surface area contributed by atoms with Gasteiger partial charge in [0.1, 0.15) is 11.6 Å². The maximum Gasteiger partial charge on any atom is 0.224 e. The van der Waals surface area contributed by atoms with Crippen LogP contribution in [-0.2, 0) is 13.0 Å². The molecule has 1 atom stereocenters. The number of anilines is 3. The van der Waals surface area contributed by atoms with Gasteiger partial charge in [0.05, 0.1) is 30.6 Å². The number of nitrogens with one attached hydrogen (secondary N) is 2. The van der Waals surface area contributed by atoms with Crippen molar-refractivity contribution >= 4 is 28.5 Å². The first-order valence-electron chi connectivity index (χ1n) is 11.8. The van der Waals surface area contributed by atoms with Crippen LogP contribution in [0.15, 0.2) is 60.9 Å². The fourth-order valence-electron chi connectivity index (χ4n) is 4.88. The lowest BCUT2D eigenvalue weighted by Gasteiger charge is -2.36. The first-order valence-corrected chi connectivity index (χ1v) is 11.8. The van der Waals surface area contributed by atoms with E-state index in [-0.39, 0.29) is 12.0 Å². The lowest BCUT2D eigenvalue weighted by molar-refractivity contribution is 0.414. The number of benzene rings is 2. The van der Waals surface area contributed by atoms with Crippen molar-refractivity contribution in [3.8, 4) is 11.4 Å². The molecule has 0 fully saturated rings. The van der Waals surface area contributed by atoms with Crippen molar-refractivity contribution < 1.29 is 4.74 Å². The number of fused-ring (bicyclic) bond motifs is 2. The van der Waals surface area contributed by atoms with Gasteiger partial charge in [-0.2, -0.15) is 20.2 Å². The van der Waals surface area contributed by atoms with E-state index >= 15 is 0 Å². The molecule has 0 aliphatic carbocycles. The molecule has 3 aromatic heterocycles. The van der Waals surface area contributed by atoms with Crippen LogP contribution < -0.4 is 20.7 Å². The van der Waals surface area contributed by atoms with Crippen LogP contribution in [0.3, 0.4) is 0 Å². The molecular formula is C26H27N9O. The highest BCUT2D eigenvalue weighted by molar-refractivity contribution is 5.87. The van der Waals surface area contributed by atoms with E-state index in [1.165, 1.54) is 16.8 Å². The standard InChI is InChI=1S/C26H27N9O/c1-16-18(12-29-35(16)20-7-9-21(36-2)10-8-20)14-34-15-19(11-17-5-3-4-6-23(17)34)30-24-22-13-28-33-25(22)32-26(27)31-24/h3-10,12-13,19H,11,14-15H2,1-2H3,(H4,27,28,30,31,32,33). The molecule has 36 heavy (non-hydrogen) atoms. The van der Waals surface area contributed by atoms with Gasteiger partial charge >= 0.3 is 0 Å². The van der Waals surface area contributed by atoms with Gasteiger partial charge in [-0.25, -0.2) is 4.68 Å². The average Bonchev–Trinajstić information content (AvgIpc) is 3.51.